The summed E-state index contributed by atoms with van der Waals surface area (Å²) in [5.74, 6) is -0.710. The van der Waals surface area contributed by atoms with Crippen LogP contribution in [0.1, 0.15) is 12.8 Å². The summed E-state index contributed by atoms with van der Waals surface area (Å²) in [6.07, 6.45) is -0.133. The summed E-state index contributed by atoms with van der Waals surface area (Å²) in [4.78, 5) is 27.0. The second-order valence-corrected chi connectivity index (χ2v) is 10.6. The lowest BCUT2D eigenvalue weighted by atomic mass is 9.95. The van der Waals surface area contributed by atoms with Gasteiger partial charge >= 0.3 is 0 Å². The summed E-state index contributed by atoms with van der Waals surface area (Å²) in [7, 11) is -3.67. The van der Waals surface area contributed by atoms with Gasteiger partial charge < -0.3 is 15.4 Å². The van der Waals surface area contributed by atoms with Crippen LogP contribution >= 0.6 is 0 Å². The molecule has 2 aliphatic rings. The van der Waals surface area contributed by atoms with Gasteiger partial charge in [0, 0.05) is 19.0 Å². The topological polar surface area (TPSA) is 110 Å². The molecule has 3 aromatic rings. The number of ether oxygens (including phenoxy) is 1. The fraction of sp³-hybridized carbons (Fsp3) is 0.280. The molecule has 1 fully saturated rings. The number of carbonyl (C=O) groups is 2. The molecule has 0 bridgehead atoms. The molecule has 0 unspecified atom stereocenters. The molecule has 2 aliphatic heterocycles. The predicted octanol–water partition coefficient (Wildman–Crippen LogP) is 2.52. The van der Waals surface area contributed by atoms with Crippen molar-refractivity contribution >= 4 is 38.3 Å². The Labute approximate surface area is 197 Å². The first-order valence-corrected chi connectivity index (χ1v) is 12.6. The minimum atomic E-state index is -3.67. The molecule has 1 saturated heterocycles. The van der Waals surface area contributed by atoms with Crippen LogP contribution in [0.3, 0.4) is 0 Å². The van der Waals surface area contributed by atoms with E-state index in [1.165, 1.54) is 4.31 Å². The number of hydrogen-bond acceptors (Lipinski definition) is 5. The van der Waals surface area contributed by atoms with E-state index in [1.807, 2.05) is 30.3 Å². The van der Waals surface area contributed by atoms with Crippen LogP contribution in [0.4, 0.5) is 5.69 Å². The van der Waals surface area contributed by atoms with Crippen molar-refractivity contribution < 1.29 is 22.7 Å². The molecular weight excluding hydrogens is 454 g/mol. The number of nitrogens with zero attached hydrogens (tertiary/aromatic N) is 2. The van der Waals surface area contributed by atoms with E-state index in [9.17, 15) is 18.0 Å². The molecule has 1 atom stereocenters. The zero-order valence-electron chi connectivity index (χ0n) is 18.5. The molecular formula is C25H25N3O5S. The number of hydrogen-bond donors (Lipinski definition) is 1. The zero-order chi connectivity index (χ0) is 23.9. The number of carbonyl (C=O) groups excluding carboxylic acids is 2. The Bertz CT molecular complexity index is 1370. The van der Waals surface area contributed by atoms with Crippen molar-refractivity contribution in [2.24, 2.45) is 11.7 Å². The average molecular weight is 480 g/mol. The third-order valence-corrected chi connectivity index (χ3v) is 8.41. The lowest BCUT2D eigenvalue weighted by Gasteiger charge is -2.37. The summed E-state index contributed by atoms with van der Waals surface area (Å²) in [5.41, 5.74) is 6.04. The molecule has 8 nitrogen and oxygen atoms in total. The molecule has 5 rings (SSSR count). The molecule has 3 aromatic carbocycles. The monoisotopic (exact) mass is 479 g/mol. The summed E-state index contributed by atoms with van der Waals surface area (Å²) < 4.78 is 33.6. The summed E-state index contributed by atoms with van der Waals surface area (Å²) in [6.45, 7) is 0.536. The van der Waals surface area contributed by atoms with E-state index in [4.69, 9.17) is 10.5 Å². The predicted molar refractivity (Wildman–Crippen MR) is 128 cm³/mol. The van der Waals surface area contributed by atoms with Crippen molar-refractivity contribution in [3.8, 4) is 5.75 Å². The fourth-order valence-electron chi connectivity index (χ4n) is 4.63. The number of primary amides is 1. The Balaban J connectivity index is 1.32. The summed E-state index contributed by atoms with van der Waals surface area (Å²) in [6, 6.07) is 19.8. The number of amides is 2. The van der Waals surface area contributed by atoms with Gasteiger partial charge in [-0.2, -0.15) is 4.31 Å². The van der Waals surface area contributed by atoms with E-state index in [0.717, 1.165) is 10.8 Å². The van der Waals surface area contributed by atoms with E-state index in [1.54, 1.807) is 41.3 Å². The van der Waals surface area contributed by atoms with Gasteiger partial charge in [-0.3, -0.25) is 9.59 Å². The van der Waals surface area contributed by atoms with Gasteiger partial charge in [0.05, 0.1) is 17.1 Å². The highest BCUT2D eigenvalue weighted by atomic mass is 32.2. The van der Waals surface area contributed by atoms with Crippen LogP contribution in [0, 0.1) is 5.92 Å². The number of fused-ring (bicyclic) bond motifs is 2. The lowest BCUT2D eigenvalue weighted by molar-refractivity contribution is -0.126. The Hall–Kier alpha value is -3.43. The molecule has 0 spiro atoms. The maximum Gasteiger partial charge on any atom is 0.260 e. The van der Waals surface area contributed by atoms with Crippen molar-refractivity contribution in [3.05, 3.63) is 66.7 Å². The number of rotatable bonds is 4. The SMILES string of the molecule is NC(=O)[C@H]1CN(C(=O)C2CCN(S(=O)(=O)c3ccc4ccccc4c3)CC2)c2ccccc2O1. The maximum absolute atomic E-state index is 13.4. The zero-order valence-corrected chi connectivity index (χ0v) is 19.3. The van der Waals surface area contributed by atoms with E-state index in [0.29, 0.717) is 24.3 Å². The Morgan fingerprint density at radius 2 is 1.59 bits per heavy atom. The summed E-state index contributed by atoms with van der Waals surface area (Å²) >= 11 is 0. The minimum Gasteiger partial charge on any atom is -0.477 e. The van der Waals surface area contributed by atoms with Crippen LogP contribution in [0.2, 0.25) is 0 Å². The first-order chi connectivity index (χ1) is 16.3. The minimum absolute atomic E-state index is 0.0424. The smallest absolute Gasteiger partial charge is 0.260 e. The van der Waals surface area contributed by atoms with Gasteiger partial charge in [0.25, 0.3) is 5.91 Å². The first-order valence-electron chi connectivity index (χ1n) is 11.2. The van der Waals surface area contributed by atoms with Crippen molar-refractivity contribution in [1.82, 2.24) is 4.31 Å². The lowest BCUT2D eigenvalue weighted by Crippen LogP contribution is -2.52. The second kappa shape index (κ2) is 8.73. The highest BCUT2D eigenvalue weighted by molar-refractivity contribution is 7.89. The van der Waals surface area contributed by atoms with E-state index in [-0.39, 0.29) is 36.4 Å². The Kier molecular flexibility index (Phi) is 5.75. The van der Waals surface area contributed by atoms with Gasteiger partial charge in [-0.15, -0.1) is 0 Å². The molecule has 0 radical (unpaired) electrons. The molecule has 9 heteroatoms. The van der Waals surface area contributed by atoms with Gasteiger partial charge in [0.2, 0.25) is 15.9 Å². The van der Waals surface area contributed by atoms with Crippen molar-refractivity contribution in [3.63, 3.8) is 0 Å². The van der Waals surface area contributed by atoms with Gasteiger partial charge in [-0.1, -0.05) is 42.5 Å². The number of benzene rings is 3. The third-order valence-electron chi connectivity index (χ3n) is 6.52. The first kappa shape index (κ1) is 22.4. The largest absolute Gasteiger partial charge is 0.477 e. The van der Waals surface area contributed by atoms with Gasteiger partial charge in [-0.05, 0) is 47.9 Å². The van der Waals surface area contributed by atoms with Crippen LogP contribution in [0.5, 0.6) is 5.75 Å². The Morgan fingerprint density at radius 3 is 2.32 bits per heavy atom. The molecule has 0 aliphatic carbocycles. The van der Waals surface area contributed by atoms with Crippen molar-refractivity contribution in [1.29, 1.82) is 0 Å². The normalized spacial score (nSPS) is 19.4. The van der Waals surface area contributed by atoms with Crippen LogP contribution < -0.4 is 15.4 Å². The molecule has 2 heterocycles. The van der Waals surface area contributed by atoms with Gasteiger partial charge in [-0.25, -0.2) is 8.42 Å². The fourth-order valence-corrected chi connectivity index (χ4v) is 6.14. The van der Waals surface area contributed by atoms with Crippen molar-refractivity contribution in [2.75, 3.05) is 24.5 Å². The highest BCUT2D eigenvalue weighted by Gasteiger charge is 2.38. The standard InChI is InChI=1S/C25H25N3O5S/c26-24(29)23-16-28(21-7-3-4-8-22(21)33-23)25(30)18-11-13-27(14-12-18)34(31,32)20-10-9-17-5-1-2-6-19(17)15-20/h1-10,15,18,23H,11-14,16H2,(H2,26,29)/t23-/m1/s1. The average Bonchev–Trinajstić information content (AvgIpc) is 2.87. The molecule has 34 heavy (non-hydrogen) atoms. The second-order valence-electron chi connectivity index (χ2n) is 8.61. The van der Waals surface area contributed by atoms with E-state index >= 15 is 0 Å². The highest BCUT2D eigenvalue weighted by Crippen LogP contribution is 2.35. The Morgan fingerprint density at radius 1 is 0.912 bits per heavy atom. The number of para-hydroxylation sites is 2. The maximum atomic E-state index is 13.4. The van der Waals surface area contributed by atoms with Crippen LogP contribution in [0.15, 0.2) is 71.6 Å². The number of piperidine rings is 1. The van der Waals surface area contributed by atoms with E-state index in [2.05, 4.69) is 0 Å². The van der Waals surface area contributed by atoms with Crippen LogP contribution in [-0.4, -0.2) is 50.3 Å². The van der Waals surface area contributed by atoms with Gasteiger partial charge in [0.1, 0.15) is 5.75 Å². The van der Waals surface area contributed by atoms with Gasteiger partial charge in [0.15, 0.2) is 6.10 Å². The molecule has 176 valence electrons. The van der Waals surface area contributed by atoms with E-state index < -0.39 is 22.0 Å². The molecule has 0 aromatic heterocycles. The molecule has 2 amide bonds. The number of nitrogens with two attached hydrogens (primary N) is 1. The third kappa shape index (κ3) is 4.01. The number of sulfonamides is 1. The summed E-state index contributed by atoms with van der Waals surface area (Å²) in [5, 5.41) is 1.84. The molecule has 0 saturated carbocycles. The quantitative estimate of drug-likeness (QED) is 0.618. The van der Waals surface area contributed by atoms with Crippen molar-refractivity contribution in [2.45, 2.75) is 23.8 Å². The number of anilines is 1. The van der Waals surface area contributed by atoms with Crippen LogP contribution in [0.25, 0.3) is 10.8 Å². The van der Waals surface area contributed by atoms with Crippen LogP contribution in [-0.2, 0) is 19.6 Å². The molecule has 2 N–H and O–H groups in total.